The summed E-state index contributed by atoms with van der Waals surface area (Å²) in [5.41, 5.74) is 0. The Morgan fingerprint density at radius 2 is 0.950 bits per heavy atom. The molecule has 0 saturated carbocycles. The van der Waals surface area contributed by atoms with Gasteiger partial charge in [0.2, 0.25) is 11.6 Å². The van der Waals surface area contributed by atoms with Gasteiger partial charge < -0.3 is 56.8 Å². The van der Waals surface area contributed by atoms with E-state index in [1.54, 1.807) is 0 Å². The van der Waals surface area contributed by atoms with Crippen molar-refractivity contribution in [2.45, 2.75) is 127 Å². The van der Waals surface area contributed by atoms with E-state index in [1.165, 1.54) is 0 Å². The molecular formula is C28H44O12. The Bertz CT molecular complexity index is 904. The van der Waals surface area contributed by atoms with Crippen LogP contribution in [0.3, 0.4) is 0 Å². The molecule has 12 heteroatoms. The Hall–Kier alpha value is -0.740. The van der Waals surface area contributed by atoms with E-state index in [1.807, 2.05) is 67.5 Å². The third kappa shape index (κ3) is 5.51. The second kappa shape index (κ2) is 9.90. The first-order valence-corrected chi connectivity index (χ1v) is 14.2. The Kier molecular flexibility index (Phi) is 7.26. The predicted octanol–water partition coefficient (Wildman–Crippen LogP) is 2.37. The first-order chi connectivity index (χ1) is 18.6. The lowest BCUT2D eigenvalue weighted by Gasteiger charge is -2.38. The summed E-state index contributed by atoms with van der Waals surface area (Å²) in [6.07, 6.45) is 1.72. The van der Waals surface area contributed by atoms with Crippen LogP contribution in [0.2, 0.25) is 0 Å². The molecule has 0 amide bonds. The minimum Gasteiger partial charge on any atom is -0.372 e. The van der Waals surface area contributed by atoms with E-state index in [0.29, 0.717) is 26.4 Å². The molecule has 0 radical (unpaired) electrons. The summed E-state index contributed by atoms with van der Waals surface area (Å²) >= 11 is 0. The fraction of sp³-hybridized carbons (Fsp3) is 0.929. The molecule has 0 aromatic carbocycles. The van der Waals surface area contributed by atoms with Crippen LogP contribution in [0.1, 0.15) is 55.4 Å². The summed E-state index contributed by atoms with van der Waals surface area (Å²) in [4.78, 5) is 0. The molecule has 0 aliphatic carbocycles. The van der Waals surface area contributed by atoms with Gasteiger partial charge in [-0.1, -0.05) is 12.2 Å². The number of rotatable bonds is 8. The predicted molar refractivity (Wildman–Crippen MR) is 136 cm³/mol. The average Bonchev–Trinajstić information content (AvgIpc) is 3.45. The van der Waals surface area contributed by atoms with E-state index in [2.05, 4.69) is 0 Å². The zero-order valence-corrected chi connectivity index (χ0v) is 24.8. The lowest BCUT2D eigenvalue weighted by Crippen LogP contribution is -2.51. The van der Waals surface area contributed by atoms with Gasteiger partial charge in [0.25, 0.3) is 0 Å². The van der Waals surface area contributed by atoms with E-state index in [9.17, 15) is 0 Å². The molecule has 0 spiro atoms. The molecule has 12 nitrogen and oxygen atoms in total. The van der Waals surface area contributed by atoms with E-state index < -0.39 is 46.9 Å². The van der Waals surface area contributed by atoms with Crippen molar-refractivity contribution < 1.29 is 56.8 Å². The quantitative estimate of drug-likeness (QED) is 0.315. The van der Waals surface area contributed by atoms with Crippen molar-refractivity contribution in [3.63, 3.8) is 0 Å². The van der Waals surface area contributed by atoms with Crippen LogP contribution in [0.25, 0.3) is 0 Å². The molecular weight excluding hydrogens is 528 g/mol. The molecule has 6 heterocycles. The zero-order valence-electron chi connectivity index (χ0n) is 24.8. The maximum atomic E-state index is 6.29. The highest BCUT2D eigenvalue weighted by molar-refractivity contribution is 5.06. The van der Waals surface area contributed by atoms with Crippen LogP contribution in [-0.2, 0) is 56.8 Å². The van der Waals surface area contributed by atoms with Crippen molar-refractivity contribution in [3.8, 4) is 0 Å². The molecule has 0 bridgehead atoms. The maximum absolute atomic E-state index is 6.29. The Labute approximate surface area is 235 Å². The molecule has 6 fully saturated rings. The standard InChI is InChI=1S/C28H44O12/c1-23(2)31-13-17-19(35-23)21-27(33-17,39-25(5,6)37-21)15-29-11-9-10-12-30-16-28-22(38-26(7,8)40-28)20-18(34-28)14-32-24(3,4)36-20/h9-10,17-22H,11-16H2,1-8H3/b10-9+/t17-,18-,19+,20+,21-,22-,27-,28-/m0/s1. The van der Waals surface area contributed by atoms with Gasteiger partial charge in [-0.05, 0) is 55.4 Å². The highest BCUT2D eigenvalue weighted by atomic mass is 16.9. The maximum Gasteiger partial charge on any atom is 0.224 e. The van der Waals surface area contributed by atoms with Gasteiger partial charge in [-0.3, -0.25) is 0 Å². The fourth-order valence-corrected chi connectivity index (χ4v) is 6.43. The van der Waals surface area contributed by atoms with Crippen molar-refractivity contribution in [1.82, 2.24) is 0 Å². The van der Waals surface area contributed by atoms with Gasteiger partial charge in [0.1, 0.15) is 49.8 Å². The molecule has 6 rings (SSSR count). The second-order valence-corrected chi connectivity index (χ2v) is 13.1. The lowest BCUT2D eigenvalue weighted by molar-refractivity contribution is -0.330. The number of hydrogen-bond acceptors (Lipinski definition) is 12. The van der Waals surface area contributed by atoms with Gasteiger partial charge in [0, 0.05) is 0 Å². The van der Waals surface area contributed by atoms with Crippen molar-refractivity contribution in [3.05, 3.63) is 12.2 Å². The van der Waals surface area contributed by atoms with Crippen LogP contribution < -0.4 is 0 Å². The van der Waals surface area contributed by atoms with Gasteiger partial charge >= 0.3 is 0 Å². The SMILES string of the molecule is CC1(C)OC[C@@H]2O[C@@]3(COC/C=C/COC[C@@]45O[C@H]6COC(C)(C)O[C@H]6[C@@H]4OC(C)(C)O5)OC(C)(C)O[C@H]3[C@@H]2O1. The van der Waals surface area contributed by atoms with Gasteiger partial charge in [-0.25, -0.2) is 0 Å². The summed E-state index contributed by atoms with van der Waals surface area (Å²) in [7, 11) is 0. The summed E-state index contributed by atoms with van der Waals surface area (Å²) in [6, 6.07) is 0. The van der Waals surface area contributed by atoms with Gasteiger partial charge in [-0.2, -0.15) is 0 Å². The normalized spacial score (nSPS) is 45.8. The molecule has 6 aliphatic heterocycles. The lowest BCUT2D eigenvalue weighted by atomic mass is 10.0. The van der Waals surface area contributed by atoms with Gasteiger partial charge in [-0.15, -0.1) is 0 Å². The number of hydrogen-bond donors (Lipinski definition) is 0. The molecule has 0 aromatic heterocycles. The molecule has 0 N–H and O–H groups in total. The smallest absolute Gasteiger partial charge is 0.224 e. The van der Waals surface area contributed by atoms with Crippen molar-refractivity contribution in [2.75, 3.05) is 39.6 Å². The summed E-state index contributed by atoms with van der Waals surface area (Å²) in [6.45, 7) is 16.8. The number of ether oxygens (including phenoxy) is 12. The Morgan fingerprint density at radius 1 is 0.550 bits per heavy atom. The first kappa shape index (κ1) is 29.3. The topological polar surface area (TPSA) is 111 Å². The molecule has 6 saturated heterocycles. The Balaban J connectivity index is 0.992. The first-order valence-electron chi connectivity index (χ1n) is 14.2. The van der Waals surface area contributed by atoms with E-state index in [4.69, 9.17) is 56.8 Å². The van der Waals surface area contributed by atoms with E-state index >= 15 is 0 Å². The monoisotopic (exact) mass is 572 g/mol. The van der Waals surface area contributed by atoms with Crippen LogP contribution >= 0.6 is 0 Å². The van der Waals surface area contributed by atoms with Crippen LogP contribution in [0.15, 0.2) is 12.2 Å². The highest BCUT2D eigenvalue weighted by Gasteiger charge is 2.68. The van der Waals surface area contributed by atoms with E-state index in [-0.39, 0.29) is 37.6 Å². The molecule has 6 aliphatic rings. The molecule has 40 heavy (non-hydrogen) atoms. The molecule has 228 valence electrons. The third-order valence-corrected chi connectivity index (χ3v) is 7.79. The van der Waals surface area contributed by atoms with E-state index in [0.717, 1.165) is 0 Å². The summed E-state index contributed by atoms with van der Waals surface area (Å²) in [5, 5.41) is 0. The van der Waals surface area contributed by atoms with Crippen molar-refractivity contribution in [1.29, 1.82) is 0 Å². The average molecular weight is 573 g/mol. The Morgan fingerprint density at radius 3 is 1.35 bits per heavy atom. The summed E-state index contributed by atoms with van der Waals surface area (Å²) in [5.74, 6) is -5.21. The van der Waals surface area contributed by atoms with Crippen LogP contribution in [-0.4, -0.2) is 111 Å². The summed E-state index contributed by atoms with van der Waals surface area (Å²) < 4.78 is 73.2. The van der Waals surface area contributed by atoms with Crippen LogP contribution in [0, 0.1) is 0 Å². The highest BCUT2D eigenvalue weighted by Crippen LogP contribution is 2.50. The minimum absolute atomic E-state index is 0.184. The zero-order chi connectivity index (χ0) is 28.6. The molecule has 8 atom stereocenters. The molecule has 0 unspecified atom stereocenters. The number of fused-ring (bicyclic) bond motifs is 6. The van der Waals surface area contributed by atoms with Crippen LogP contribution in [0.4, 0.5) is 0 Å². The third-order valence-electron chi connectivity index (χ3n) is 7.79. The van der Waals surface area contributed by atoms with Gasteiger partial charge in [0.15, 0.2) is 23.1 Å². The fourth-order valence-electron chi connectivity index (χ4n) is 6.43. The molecule has 0 aromatic rings. The van der Waals surface area contributed by atoms with Gasteiger partial charge in [0.05, 0.1) is 26.4 Å². The van der Waals surface area contributed by atoms with Crippen molar-refractivity contribution >= 4 is 0 Å². The van der Waals surface area contributed by atoms with Crippen molar-refractivity contribution in [2.24, 2.45) is 0 Å². The second-order valence-electron chi connectivity index (χ2n) is 13.1. The largest absolute Gasteiger partial charge is 0.372 e. The minimum atomic E-state index is -1.06. The van der Waals surface area contributed by atoms with Crippen LogP contribution in [0.5, 0.6) is 0 Å².